The second-order valence-electron chi connectivity index (χ2n) is 8.39. The molecule has 0 amide bonds. The van der Waals surface area contributed by atoms with E-state index in [1.54, 1.807) is 0 Å². The maximum absolute atomic E-state index is 11.7. The minimum absolute atomic E-state index is 0. The molecule has 0 aromatic carbocycles. The van der Waals surface area contributed by atoms with Gasteiger partial charge in [-0.25, -0.2) is 8.42 Å². The van der Waals surface area contributed by atoms with Crippen LogP contribution in [0.4, 0.5) is 0 Å². The highest BCUT2D eigenvalue weighted by atomic mass is 127. The van der Waals surface area contributed by atoms with Crippen LogP contribution in [0.3, 0.4) is 0 Å². The van der Waals surface area contributed by atoms with Crippen LogP contribution in [0.2, 0.25) is 0 Å². The summed E-state index contributed by atoms with van der Waals surface area (Å²) in [4.78, 5) is 4.76. The molecule has 3 fully saturated rings. The van der Waals surface area contributed by atoms with E-state index in [9.17, 15) is 8.42 Å². The normalized spacial score (nSPS) is 31.9. The lowest BCUT2D eigenvalue weighted by Crippen LogP contribution is -2.48. The number of nitrogens with one attached hydrogen (secondary N) is 2. The predicted molar refractivity (Wildman–Crippen MR) is 121 cm³/mol. The van der Waals surface area contributed by atoms with Crippen molar-refractivity contribution in [2.45, 2.75) is 70.4 Å². The van der Waals surface area contributed by atoms with Crippen LogP contribution in [0.15, 0.2) is 4.99 Å². The zero-order valence-corrected chi connectivity index (χ0v) is 19.6. The van der Waals surface area contributed by atoms with Gasteiger partial charge in [0, 0.05) is 25.7 Å². The van der Waals surface area contributed by atoms with Crippen LogP contribution in [-0.4, -0.2) is 57.7 Å². The van der Waals surface area contributed by atoms with Crippen LogP contribution < -0.4 is 10.6 Å². The van der Waals surface area contributed by atoms with Gasteiger partial charge in [-0.2, -0.15) is 0 Å². The Morgan fingerprint density at radius 3 is 2.56 bits per heavy atom. The van der Waals surface area contributed by atoms with Gasteiger partial charge >= 0.3 is 0 Å². The number of hydrogen-bond donors (Lipinski definition) is 2. The molecule has 2 N–H and O–H groups in total. The lowest BCUT2D eigenvalue weighted by molar-refractivity contribution is 0.0165. The van der Waals surface area contributed by atoms with Crippen LogP contribution in [0.25, 0.3) is 0 Å². The first-order valence-corrected chi connectivity index (χ1v) is 12.2. The summed E-state index contributed by atoms with van der Waals surface area (Å²) in [7, 11) is -2.83. The van der Waals surface area contributed by atoms with Crippen LogP contribution in [-0.2, 0) is 14.6 Å². The van der Waals surface area contributed by atoms with E-state index in [1.807, 2.05) is 0 Å². The quantitative estimate of drug-likeness (QED) is 0.336. The molecule has 0 aromatic heterocycles. The van der Waals surface area contributed by atoms with Gasteiger partial charge < -0.3 is 15.4 Å². The second-order valence-corrected chi connectivity index (χ2v) is 10.6. The highest BCUT2D eigenvalue weighted by Gasteiger charge is 2.28. The third kappa shape index (κ3) is 8.04. The Bertz CT molecular complexity index is 579. The zero-order valence-electron chi connectivity index (χ0n) is 16.5. The molecule has 2 saturated heterocycles. The molecule has 0 radical (unpaired) electrons. The highest BCUT2D eigenvalue weighted by molar-refractivity contribution is 14.0. The number of sulfone groups is 1. The SMILES string of the molecule is CC1CC(NC(=NCC2CCS(=O)(=O)C2)NCC2CCCCC2)CCO1.I. The van der Waals surface area contributed by atoms with Gasteiger partial charge in [-0.1, -0.05) is 19.3 Å². The molecule has 158 valence electrons. The topological polar surface area (TPSA) is 79.8 Å². The smallest absolute Gasteiger partial charge is 0.191 e. The molecule has 1 saturated carbocycles. The van der Waals surface area contributed by atoms with Gasteiger partial charge in [0.2, 0.25) is 0 Å². The van der Waals surface area contributed by atoms with Gasteiger partial charge in [-0.3, -0.25) is 4.99 Å². The molecule has 3 unspecified atom stereocenters. The van der Waals surface area contributed by atoms with Crippen molar-refractivity contribution in [2.24, 2.45) is 16.8 Å². The molecule has 0 aromatic rings. The number of nitrogens with zero attached hydrogens (tertiary/aromatic N) is 1. The van der Waals surface area contributed by atoms with Gasteiger partial charge in [0.25, 0.3) is 0 Å². The van der Waals surface area contributed by atoms with Crippen LogP contribution in [0, 0.1) is 11.8 Å². The van der Waals surface area contributed by atoms with Gasteiger partial charge in [-0.15, -0.1) is 24.0 Å². The summed E-state index contributed by atoms with van der Waals surface area (Å²) in [5.74, 6) is 2.38. The van der Waals surface area contributed by atoms with Crippen molar-refractivity contribution in [2.75, 3.05) is 31.2 Å². The van der Waals surface area contributed by atoms with E-state index < -0.39 is 9.84 Å². The number of rotatable bonds is 5. The molecule has 2 heterocycles. The van der Waals surface area contributed by atoms with Gasteiger partial charge in [0.1, 0.15) is 0 Å². The summed E-state index contributed by atoms with van der Waals surface area (Å²) in [6.07, 6.45) is 9.65. The second kappa shape index (κ2) is 11.2. The van der Waals surface area contributed by atoms with Crippen molar-refractivity contribution in [3.63, 3.8) is 0 Å². The van der Waals surface area contributed by atoms with E-state index >= 15 is 0 Å². The molecule has 2 aliphatic heterocycles. The van der Waals surface area contributed by atoms with Crippen molar-refractivity contribution in [1.29, 1.82) is 0 Å². The Morgan fingerprint density at radius 2 is 1.89 bits per heavy atom. The first kappa shape index (κ1) is 23.2. The number of halogens is 1. The van der Waals surface area contributed by atoms with E-state index in [0.29, 0.717) is 24.1 Å². The number of guanidine groups is 1. The van der Waals surface area contributed by atoms with E-state index in [2.05, 4.69) is 17.6 Å². The van der Waals surface area contributed by atoms with E-state index in [1.165, 1.54) is 32.1 Å². The molecule has 27 heavy (non-hydrogen) atoms. The van der Waals surface area contributed by atoms with Crippen molar-refractivity contribution in [3.8, 4) is 0 Å². The molecular formula is C19H36IN3O3S. The Kier molecular flexibility index (Phi) is 9.61. The summed E-state index contributed by atoms with van der Waals surface area (Å²) in [5.41, 5.74) is 0. The van der Waals surface area contributed by atoms with Crippen LogP contribution >= 0.6 is 24.0 Å². The van der Waals surface area contributed by atoms with E-state index in [-0.39, 0.29) is 36.0 Å². The number of hydrogen-bond acceptors (Lipinski definition) is 4. The predicted octanol–water partition coefficient (Wildman–Crippen LogP) is 2.72. The Labute approximate surface area is 181 Å². The van der Waals surface area contributed by atoms with Crippen molar-refractivity contribution < 1.29 is 13.2 Å². The summed E-state index contributed by atoms with van der Waals surface area (Å²) < 4.78 is 29.0. The van der Waals surface area contributed by atoms with Crippen molar-refractivity contribution in [3.05, 3.63) is 0 Å². The Morgan fingerprint density at radius 1 is 1.11 bits per heavy atom. The van der Waals surface area contributed by atoms with Crippen molar-refractivity contribution >= 4 is 39.8 Å². The summed E-state index contributed by atoms with van der Waals surface area (Å²) in [6.45, 7) is 4.46. The maximum atomic E-state index is 11.7. The minimum Gasteiger partial charge on any atom is -0.378 e. The Balaban J connectivity index is 0.00000261. The molecule has 3 atom stereocenters. The Hall–Kier alpha value is -0.0900. The van der Waals surface area contributed by atoms with E-state index in [0.717, 1.165) is 44.3 Å². The summed E-state index contributed by atoms with van der Waals surface area (Å²) >= 11 is 0. The first-order valence-electron chi connectivity index (χ1n) is 10.4. The molecule has 0 spiro atoms. The molecule has 3 rings (SSSR count). The summed E-state index contributed by atoms with van der Waals surface area (Å²) in [5, 5.41) is 7.12. The highest BCUT2D eigenvalue weighted by Crippen LogP contribution is 2.23. The largest absolute Gasteiger partial charge is 0.378 e. The third-order valence-electron chi connectivity index (χ3n) is 5.94. The molecule has 6 nitrogen and oxygen atoms in total. The average Bonchev–Trinajstić information content (AvgIpc) is 2.97. The minimum atomic E-state index is -2.83. The standard InChI is InChI=1S/C19H35N3O3S.HI/c1-15-11-18(7-9-25-15)22-19(20-12-16-5-3-2-4-6-16)21-13-17-8-10-26(23,24)14-17;/h15-18H,2-14H2,1H3,(H2,20,21,22);1H. The zero-order chi connectivity index (χ0) is 18.4. The van der Waals surface area contributed by atoms with Gasteiger partial charge in [0.05, 0.1) is 17.6 Å². The lowest BCUT2D eigenvalue weighted by atomic mass is 9.89. The van der Waals surface area contributed by atoms with E-state index in [4.69, 9.17) is 9.73 Å². The molecular weight excluding hydrogens is 477 g/mol. The fraction of sp³-hybridized carbons (Fsp3) is 0.947. The average molecular weight is 513 g/mol. The van der Waals surface area contributed by atoms with Crippen LogP contribution in [0.1, 0.15) is 58.3 Å². The van der Waals surface area contributed by atoms with Crippen molar-refractivity contribution in [1.82, 2.24) is 10.6 Å². The molecule has 1 aliphatic carbocycles. The molecule has 0 bridgehead atoms. The monoisotopic (exact) mass is 513 g/mol. The third-order valence-corrected chi connectivity index (χ3v) is 7.78. The van der Waals surface area contributed by atoms with Crippen LogP contribution in [0.5, 0.6) is 0 Å². The number of ether oxygens (including phenoxy) is 1. The molecule has 8 heteroatoms. The molecule has 3 aliphatic rings. The summed E-state index contributed by atoms with van der Waals surface area (Å²) in [6, 6.07) is 0.378. The maximum Gasteiger partial charge on any atom is 0.191 e. The first-order chi connectivity index (χ1) is 12.5. The fourth-order valence-electron chi connectivity index (χ4n) is 4.34. The fourth-order valence-corrected chi connectivity index (χ4v) is 6.19. The van der Waals surface area contributed by atoms with Gasteiger partial charge in [-0.05, 0) is 50.9 Å². The van der Waals surface area contributed by atoms with Gasteiger partial charge in [0.15, 0.2) is 15.8 Å². The lowest BCUT2D eigenvalue weighted by Gasteiger charge is -2.30. The number of aliphatic imine (C=N–C) groups is 1.